The number of halogens is 1. The molecule has 0 fully saturated rings. The third-order valence-electron chi connectivity index (χ3n) is 3.88. The smallest absolute Gasteiger partial charge is 0.230 e. The van der Waals surface area contributed by atoms with Gasteiger partial charge in [-0.15, -0.1) is 0 Å². The summed E-state index contributed by atoms with van der Waals surface area (Å²) >= 11 is 0. The number of hydrogen-bond donors (Lipinski definition) is 3. The Kier molecular flexibility index (Phi) is 7.73. The lowest BCUT2D eigenvalue weighted by atomic mass is 10.2. The van der Waals surface area contributed by atoms with Gasteiger partial charge >= 0.3 is 0 Å². The van der Waals surface area contributed by atoms with E-state index in [2.05, 4.69) is 10.6 Å². The molecule has 2 rings (SSSR count). The summed E-state index contributed by atoms with van der Waals surface area (Å²) in [6.45, 7) is 2.09. The van der Waals surface area contributed by atoms with Crippen molar-refractivity contribution >= 4 is 17.6 Å². The van der Waals surface area contributed by atoms with Gasteiger partial charge in [0.25, 0.3) is 0 Å². The summed E-state index contributed by atoms with van der Waals surface area (Å²) in [5.74, 6) is -2.13. The first-order chi connectivity index (χ1) is 12.5. The van der Waals surface area contributed by atoms with Gasteiger partial charge in [0.1, 0.15) is 31.5 Å². The van der Waals surface area contributed by atoms with Crippen LogP contribution in [-0.4, -0.2) is 31.0 Å². The molecule has 2 aromatic rings. The summed E-state index contributed by atoms with van der Waals surface area (Å²) < 4.78 is 12.8. The number of carbonyl (C=O) groups excluding carboxylic acids is 2. The van der Waals surface area contributed by atoms with Gasteiger partial charge in [0.05, 0.1) is 12.4 Å². The second kappa shape index (κ2) is 10.3. The van der Waals surface area contributed by atoms with Crippen molar-refractivity contribution in [1.82, 2.24) is 0 Å². The fourth-order valence-corrected chi connectivity index (χ4v) is 2.51. The van der Waals surface area contributed by atoms with Gasteiger partial charge in [-0.2, -0.15) is 0 Å². The maximum absolute atomic E-state index is 12.8. The molecule has 0 saturated heterocycles. The van der Waals surface area contributed by atoms with Gasteiger partial charge < -0.3 is 25.9 Å². The maximum Gasteiger partial charge on any atom is 0.230 e. The molecule has 2 aromatic carbocycles. The summed E-state index contributed by atoms with van der Waals surface area (Å²) in [5, 5.41) is 17.5. The predicted octanol–water partition coefficient (Wildman–Crippen LogP) is -1.40. The maximum atomic E-state index is 12.8. The Morgan fingerprint density at radius 2 is 1.73 bits per heavy atom. The van der Waals surface area contributed by atoms with E-state index in [0.29, 0.717) is 12.2 Å². The van der Waals surface area contributed by atoms with Crippen molar-refractivity contribution in [3.63, 3.8) is 0 Å². The van der Waals surface area contributed by atoms with Crippen LogP contribution in [0.3, 0.4) is 0 Å². The van der Waals surface area contributed by atoms with Crippen molar-refractivity contribution in [2.24, 2.45) is 0 Å². The van der Waals surface area contributed by atoms with Gasteiger partial charge in [0.2, 0.25) is 5.91 Å². The monoisotopic (exact) mass is 360 g/mol. The number of quaternary nitrogens is 2. The quantitative estimate of drug-likeness (QED) is 0.454. The van der Waals surface area contributed by atoms with Crippen molar-refractivity contribution in [1.29, 1.82) is 0 Å². The highest BCUT2D eigenvalue weighted by Crippen LogP contribution is 2.08. The number of aliphatic carboxylic acids is 1. The molecule has 138 valence electrons. The average molecular weight is 360 g/mol. The lowest BCUT2D eigenvalue weighted by molar-refractivity contribution is -0.742. The van der Waals surface area contributed by atoms with Crippen LogP contribution < -0.4 is 21.1 Å². The topological polar surface area (TPSA) is 102 Å². The van der Waals surface area contributed by atoms with E-state index in [4.69, 9.17) is 0 Å². The first-order valence-corrected chi connectivity index (χ1v) is 8.50. The van der Waals surface area contributed by atoms with Crippen LogP contribution >= 0.6 is 0 Å². The number of amides is 1. The van der Waals surface area contributed by atoms with Gasteiger partial charge in [-0.05, 0) is 24.3 Å². The molecule has 7 heteroatoms. The Hall–Kier alpha value is -2.77. The zero-order valence-corrected chi connectivity index (χ0v) is 14.4. The number of carboxylic acid groups (broad SMARTS) is 1. The van der Waals surface area contributed by atoms with Gasteiger partial charge in [0.15, 0.2) is 0 Å². The molecule has 0 aliphatic heterocycles. The molecule has 0 aliphatic carbocycles. The second-order valence-electron chi connectivity index (χ2n) is 5.98. The molecule has 1 atom stereocenters. The van der Waals surface area contributed by atoms with E-state index in [0.717, 1.165) is 13.1 Å². The van der Waals surface area contributed by atoms with Crippen LogP contribution in [0, 0.1) is 5.82 Å². The van der Waals surface area contributed by atoms with Crippen LogP contribution in [0.15, 0.2) is 54.6 Å². The molecule has 26 heavy (non-hydrogen) atoms. The number of anilines is 1. The van der Waals surface area contributed by atoms with Crippen LogP contribution in [0.25, 0.3) is 0 Å². The summed E-state index contributed by atoms with van der Waals surface area (Å²) in [6.07, 6.45) is -0.210. The van der Waals surface area contributed by atoms with Crippen LogP contribution in [0.4, 0.5) is 10.1 Å². The molecule has 0 unspecified atom stereocenters. The van der Waals surface area contributed by atoms with E-state index < -0.39 is 23.7 Å². The number of rotatable bonds is 10. The lowest BCUT2D eigenvalue weighted by Gasteiger charge is -2.16. The summed E-state index contributed by atoms with van der Waals surface area (Å²) in [4.78, 5) is 23.2. The molecule has 6 nitrogen and oxygen atoms in total. The van der Waals surface area contributed by atoms with Gasteiger partial charge in [-0.25, -0.2) is 4.39 Å². The Bertz CT molecular complexity index is 708. The molecule has 0 saturated carbocycles. The molecule has 1 amide bonds. The minimum absolute atomic E-state index is 0.210. The van der Waals surface area contributed by atoms with Gasteiger partial charge in [-0.3, -0.25) is 4.79 Å². The number of hydrogen-bond acceptors (Lipinski definition) is 3. The Morgan fingerprint density at radius 1 is 1.04 bits per heavy atom. The molecule has 0 aromatic heterocycles. The fraction of sp³-hybridized carbons (Fsp3) is 0.263. The fourth-order valence-electron chi connectivity index (χ4n) is 2.51. The number of carbonyl (C=O) groups is 2. The minimum Gasteiger partial charge on any atom is -0.544 e. The second-order valence-corrected chi connectivity index (χ2v) is 5.98. The Labute approximate surface area is 151 Å². The number of benzene rings is 2. The third-order valence-corrected chi connectivity index (χ3v) is 3.88. The van der Waals surface area contributed by atoms with Crippen molar-refractivity contribution in [3.8, 4) is 0 Å². The van der Waals surface area contributed by atoms with Crippen molar-refractivity contribution < 1.29 is 29.7 Å². The molecular weight excluding hydrogens is 337 g/mol. The molecule has 0 bridgehead atoms. The predicted molar refractivity (Wildman–Crippen MR) is 92.2 cm³/mol. The largest absolute Gasteiger partial charge is 0.544 e. The van der Waals surface area contributed by atoms with Crippen molar-refractivity contribution in [3.05, 3.63) is 66.0 Å². The van der Waals surface area contributed by atoms with Crippen LogP contribution in [0.5, 0.6) is 0 Å². The zero-order chi connectivity index (χ0) is 18.8. The van der Waals surface area contributed by atoms with Crippen molar-refractivity contribution in [2.75, 3.05) is 18.4 Å². The highest BCUT2D eigenvalue weighted by atomic mass is 19.1. The highest BCUT2D eigenvalue weighted by Gasteiger charge is 2.18. The van der Waals surface area contributed by atoms with Crippen LogP contribution in [-0.2, 0) is 16.1 Å². The molecule has 0 heterocycles. The first kappa shape index (κ1) is 19.6. The van der Waals surface area contributed by atoms with Crippen LogP contribution in [0.1, 0.15) is 12.0 Å². The van der Waals surface area contributed by atoms with E-state index >= 15 is 0 Å². The normalized spacial score (nSPS) is 11.7. The number of nitrogens with two attached hydrogens (primary N) is 2. The van der Waals surface area contributed by atoms with Crippen LogP contribution in [0.2, 0.25) is 0 Å². The molecular formula is C19H23FN3O3+. The van der Waals surface area contributed by atoms with E-state index in [1.54, 1.807) is 5.32 Å². The van der Waals surface area contributed by atoms with Gasteiger partial charge in [0, 0.05) is 11.3 Å². The lowest BCUT2D eigenvalue weighted by Crippen LogP contribution is -2.99. The van der Waals surface area contributed by atoms with Gasteiger partial charge in [-0.1, -0.05) is 30.3 Å². The van der Waals surface area contributed by atoms with E-state index in [9.17, 15) is 19.1 Å². The number of carboxylic acids is 1. The minimum atomic E-state index is -1.28. The molecule has 0 spiro atoms. The highest BCUT2D eigenvalue weighted by molar-refractivity contribution is 5.93. The third kappa shape index (κ3) is 7.00. The standard InChI is InChI=1S/C19H22FN3O3/c20-15-6-8-16(9-7-15)23-18(24)12-17(19(25)26)22-11-10-21-13-14-4-2-1-3-5-14/h1-9,17,21-22H,10-13H2,(H,23,24)(H,25,26)/p+1/t17-/m0/s1. The molecule has 5 N–H and O–H groups in total. The summed E-state index contributed by atoms with van der Waals surface area (Å²) in [6, 6.07) is 14.3. The van der Waals surface area contributed by atoms with Crippen molar-refractivity contribution in [2.45, 2.75) is 19.0 Å². The number of nitrogens with one attached hydrogen (secondary N) is 1. The SMILES string of the molecule is O=C(C[C@H]([NH2+]CC[NH2+]Cc1ccccc1)C(=O)[O-])Nc1ccc(F)cc1. The van der Waals surface area contributed by atoms with E-state index in [1.807, 2.05) is 30.3 Å². The Balaban J connectivity index is 1.71. The zero-order valence-electron chi connectivity index (χ0n) is 14.4. The summed E-state index contributed by atoms with van der Waals surface area (Å²) in [7, 11) is 0. The molecule has 0 radical (unpaired) electrons. The Morgan fingerprint density at radius 3 is 2.38 bits per heavy atom. The van der Waals surface area contributed by atoms with E-state index in [1.165, 1.54) is 29.8 Å². The first-order valence-electron chi connectivity index (χ1n) is 8.50. The molecule has 0 aliphatic rings. The van der Waals surface area contributed by atoms with E-state index in [-0.39, 0.29) is 6.42 Å². The average Bonchev–Trinajstić information content (AvgIpc) is 2.63. The summed E-state index contributed by atoms with van der Waals surface area (Å²) in [5.41, 5.74) is 1.62.